The first-order chi connectivity index (χ1) is 20.0. The Kier molecular flexibility index (Phi) is 7.42. The number of aryl methyl sites for hydroxylation is 1. The van der Waals surface area contributed by atoms with Crippen molar-refractivity contribution in [3.05, 3.63) is 153 Å². The van der Waals surface area contributed by atoms with Crippen LogP contribution in [-0.4, -0.2) is 35.1 Å². The molecule has 0 fully saturated rings. The van der Waals surface area contributed by atoms with Crippen molar-refractivity contribution in [2.24, 2.45) is 0 Å². The van der Waals surface area contributed by atoms with E-state index in [1.165, 1.54) is 12.1 Å². The van der Waals surface area contributed by atoms with Crippen LogP contribution in [0.3, 0.4) is 0 Å². The zero-order valence-electron chi connectivity index (χ0n) is 22.5. The molecule has 6 rings (SSSR count). The summed E-state index contributed by atoms with van der Waals surface area (Å²) in [5.41, 5.74) is 5.00. The highest BCUT2D eigenvalue weighted by molar-refractivity contribution is 5.82. The monoisotopic (exact) mass is 545 g/mol. The van der Waals surface area contributed by atoms with Crippen molar-refractivity contribution >= 4 is 10.9 Å². The summed E-state index contributed by atoms with van der Waals surface area (Å²) in [6.45, 7) is 3.30. The second-order valence-electron chi connectivity index (χ2n) is 10.1. The Hall–Kier alpha value is -5.02. The van der Waals surface area contributed by atoms with Gasteiger partial charge < -0.3 is 4.98 Å². The lowest BCUT2D eigenvalue weighted by Gasteiger charge is -2.31. The van der Waals surface area contributed by atoms with Gasteiger partial charge in [0.15, 0.2) is 5.82 Å². The number of aromatic amines is 1. The predicted molar refractivity (Wildman–Crippen MR) is 154 cm³/mol. The number of para-hydroxylation sites is 1. The van der Waals surface area contributed by atoms with Crippen molar-refractivity contribution < 1.29 is 4.39 Å². The summed E-state index contributed by atoms with van der Waals surface area (Å²) < 4.78 is 15.3. The van der Waals surface area contributed by atoms with Gasteiger partial charge in [0.25, 0.3) is 5.56 Å². The second kappa shape index (κ2) is 11.6. The second-order valence-corrected chi connectivity index (χ2v) is 10.1. The van der Waals surface area contributed by atoms with Gasteiger partial charge in [-0.15, -0.1) is 5.10 Å². The Balaban J connectivity index is 1.52. The molecule has 0 spiro atoms. The number of rotatable bonds is 9. The number of halogens is 1. The Morgan fingerprint density at radius 1 is 0.902 bits per heavy atom. The number of H-pyrrole nitrogens is 1. The van der Waals surface area contributed by atoms with Gasteiger partial charge in [-0.1, -0.05) is 66.7 Å². The molecule has 0 unspecified atom stereocenters. The van der Waals surface area contributed by atoms with Crippen LogP contribution in [0.1, 0.15) is 39.7 Å². The SMILES string of the molecule is Cc1cccc2cc([C@@H](c3nnnn3Cc3ccc(F)cc3)N(Cc3ccccc3)Cc3cccnc3)c(=O)[nH]c12. The molecular weight excluding hydrogens is 517 g/mol. The Morgan fingerprint density at radius 2 is 1.68 bits per heavy atom. The summed E-state index contributed by atoms with van der Waals surface area (Å²) in [7, 11) is 0. The van der Waals surface area contributed by atoms with E-state index in [0.29, 0.717) is 31.0 Å². The van der Waals surface area contributed by atoms with Crippen molar-refractivity contribution in [2.75, 3.05) is 0 Å². The maximum Gasteiger partial charge on any atom is 0.253 e. The Bertz CT molecular complexity index is 1780. The van der Waals surface area contributed by atoms with E-state index in [4.69, 9.17) is 0 Å². The number of benzene rings is 3. The Morgan fingerprint density at radius 3 is 2.46 bits per heavy atom. The number of nitrogens with zero attached hydrogens (tertiary/aromatic N) is 6. The first-order valence-corrected chi connectivity index (χ1v) is 13.3. The summed E-state index contributed by atoms with van der Waals surface area (Å²) in [5, 5.41) is 13.7. The van der Waals surface area contributed by atoms with Crippen LogP contribution in [0.4, 0.5) is 4.39 Å². The Labute approximate surface area is 236 Å². The summed E-state index contributed by atoms with van der Waals surface area (Å²) in [4.78, 5) is 23.4. The smallest absolute Gasteiger partial charge is 0.253 e. The molecule has 3 aromatic carbocycles. The molecule has 0 aliphatic rings. The molecule has 204 valence electrons. The molecule has 8 nitrogen and oxygen atoms in total. The number of fused-ring (bicyclic) bond motifs is 1. The number of pyridine rings is 2. The third kappa shape index (κ3) is 5.80. The molecule has 1 atom stereocenters. The molecule has 0 amide bonds. The van der Waals surface area contributed by atoms with Crippen LogP contribution in [0.2, 0.25) is 0 Å². The third-order valence-corrected chi connectivity index (χ3v) is 7.16. The van der Waals surface area contributed by atoms with Gasteiger partial charge in [-0.05, 0) is 69.3 Å². The summed E-state index contributed by atoms with van der Waals surface area (Å²) in [5.74, 6) is 0.193. The number of nitrogens with one attached hydrogen (secondary N) is 1. The molecule has 0 saturated carbocycles. The highest BCUT2D eigenvalue weighted by atomic mass is 19.1. The molecular formula is C32H28FN7O. The molecule has 0 saturated heterocycles. The maximum absolute atomic E-state index is 13.8. The van der Waals surface area contributed by atoms with Gasteiger partial charge in [-0.2, -0.15) is 0 Å². The van der Waals surface area contributed by atoms with Gasteiger partial charge in [-0.3, -0.25) is 14.7 Å². The normalized spacial score (nSPS) is 12.2. The zero-order valence-corrected chi connectivity index (χ0v) is 22.5. The van der Waals surface area contributed by atoms with Gasteiger partial charge in [0, 0.05) is 31.0 Å². The van der Waals surface area contributed by atoms with E-state index in [1.54, 1.807) is 23.0 Å². The molecule has 0 aliphatic heterocycles. The number of hydrogen-bond acceptors (Lipinski definition) is 6. The molecule has 3 heterocycles. The lowest BCUT2D eigenvalue weighted by molar-refractivity contribution is 0.194. The van der Waals surface area contributed by atoms with Crippen LogP contribution in [-0.2, 0) is 19.6 Å². The quantitative estimate of drug-likeness (QED) is 0.269. The standard InChI is InChI=1S/C32H28FN7O/c1-22-7-5-11-26-17-28(32(41)35-29(22)26)30(31-36-37-38-40(31)21-24-12-14-27(33)15-13-24)39(19-23-8-3-2-4-9-23)20-25-10-6-16-34-18-25/h2-18,30H,19-21H2,1H3,(H,35,41)/t30-/m0/s1. The van der Waals surface area contributed by atoms with Gasteiger partial charge in [0.2, 0.25) is 0 Å². The van der Waals surface area contributed by atoms with Gasteiger partial charge in [0.1, 0.15) is 11.9 Å². The molecule has 9 heteroatoms. The van der Waals surface area contributed by atoms with E-state index in [0.717, 1.165) is 33.2 Å². The van der Waals surface area contributed by atoms with Gasteiger partial charge >= 0.3 is 0 Å². The zero-order chi connectivity index (χ0) is 28.2. The third-order valence-electron chi connectivity index (χ3n) is 7.16. The van der Waals surface area contributed by atoms with E-state index in [9.17, 15) is 9.18 Å². The van der Waals surface area contributed by atoms with Crippen molar-refractivity contribution in [1.82, 2.24) is 35.1 Å². The average molecular weight is 546 g/mol. The molecule has 3 aromatic heterocycles. The number of hydrogen-bond donors (Lipinski definition) is 1. The molecule has 41 heavy (non-hydrogen) atoms. The molecule has 0 radical (unpaired) electrons. The number of aromatic nitrogens is 6. The minimum atomic E-state index is -0.612. The average Bonchev–Trinajstić information content (AvgIpc) is 3.44. The first-order valence-electron chi connectivity index (χ1n) is 13.3. The first kappa shape index (κ1) is 26.2. The van der Waals surface area contributed by atoms with Crippen LogP contribution in [0.25, 0.3) is 10.9 Å². The molecule has 6 aromatic rings. The topological polar surface area (TPSA) is 92.6 Å². The van der Waals surface area contributed by atoms with E-state index in [-0.39, 0.29) is 11.4 Å². The highest BCUT2D eigenvalue weighted by Gasteiger charge is 2.31. The minimum absolute atomic E-state index is 0.211. The van der Waals surface area contributed by atoms with Crippen LogP contribution in [0.5, 0.6) is 0 Å². The fraction of sp³-hybridized carbons (Fsp3) is 0.156. The summed E-state index contributed by atoms with van der Waals surface area (Å²) in [6.07, 6.45) is 3.56. The highest BCUT2D eigenvalue weighted by Crippen LogP contribution is 2.30. The van der Waals surface area contributed by atoms with Crippen molar-refractivity contribution in [3.8, 4) is 0 Å². The fourth-order valence-corrected chi connectivity index (χ4v) is 5.17. The van der Waals surface area contributed by atoms with Crippen LogP contribution >= 0.6 is 0 Å². The van der Waals surface area contributed by atoms with Crippen LogP contribution in [0, 0.1) is 12.7 Å². The van der Waals surface area contributed by atoms with Gasteiger partial charge in [-0.25, -0.2) is 9.07 Å². The lowest BCUT2D eigenvalue weighted by Crippen LogP contribution is -2.35. The fourth-order valence-electron chi connectivity index (χ4n) is 5.17. The van der Waals surface area contributed by atoms with Gasteiger partial charge in [0.05, 0.1) is 12.1 Å². The lowest BCUT2D eigenvalue weighted by atomic mass is 10.0. The summed E-state index contributed by atoms with van der Waals surface area (Å²) >= 11 is 0. The molecule has 1 N–H and O–H groups in total. The van der Waals surface area contributed by atoms with E-state index in [2.05, 4.69) is 42.5 Å². The predicted octanol–water partition coefficient (Wildman–Crippen LogP) is 5.20. The van der Waals surface area contributed by atoms with Crippen LogP contribution < -0.4 is 5.56 Å². The maximum atomic E-state index is 13.8. The van der Waals surface area contributed by atoms with Crippen molar-refractivity contribution in [2.45, 2.75) is 32.6 Å². The largest absolute Gasteiger partial charge is 0.321 e. The van der Waals surface area contributed by atoms with Crippen molar-refractivity contribution in [3.63, 3.8) is 0 Å². The van der Waals surface area contributed by atoms with Crippen LogP contribution in [0.15, 0.2) is 108 Å². The number of tetrazole rings is 1. The molecule has 0 aliphatic carbocycles. The van der Waals surface area contributed by atoms with E-state index < -0.39 is 6.04 Å². The van der Waals surface area contributed by atoms with Crippen molar-refractivity contribution in [1.29, 1.82) is 0 Å². The summed E-state index contributed by atoms with van der Waals surface area (Å²) in [6, 6.07) is 27.5. The minimum Gasteiger partial charge on any atom is -0.321 e. The van der Waals surface area contributed by atoms with E-state index in [1.807, 2.05) is 67.7 Å². The van der Waals surface area contributed by atoms with E-state index >= 15 is 0 Å². The molecule has 0 bridgehead atoms.